The lowest BCUT2D eigenvalue weighted by molar-refractivity contribution is 0.368. The summed E-state index contributed by atoms with van der Waals surface area (Å²) >= 11 is 5.28. The van der Waals surface area contributed by atoms with Crippen LogP contribution < -0.4 is 0 Å². The second kappa shape index (κ2) is 6.57. The van der Waals surface area contributed by atoms with Gasteiger partial charge in [-0.05, 0) is 29.8 Å². The van der Waals surface area contributed by atoms with E-state index < -0.39 is 0 Å². The van der Waals surface area contributed by atoms with Crippen molar-refractivity contribution in [1.82, 2.24) is 4.90 Å². The molecule has 0 aliphatic carbocycles. The molecule has 0 amide bonds. The van der Waals surface area contributed by atoms with Crippen molar-refractivity contribution in [3.8, 4) is 0 Å². The third-order valence-electron chi connectivity index (χ3n) is 3.10. The van der Waals surface area contributed by atoms with Crippen LogP contribution in [0.5, 0.6) is 0 Å². The van der Waals surface area contributed by atoms with Crippen LogP contribution in [0.1, 0.15) is 5.56 Å². The van der Waals surface area contributed by atoms with Gasteiger partial charge >= 0.3 is 0 Å². The summed E-state index contributed by atoms with van der Waals surface area (Å²) < 4.78 is 1.09. The summed E-state index contributed by atoms with van der Waals surface area (Å²) in [5.41, 5.74) is 2.38. The highest BCUT2D eigenvalue weighted by atomic mass is 79.9. The first-order valence-corrected chi connectivity index (χ1v) is 8.30. The van der Waals surface area contributed by atoms with Crippen molar-refractivity contribution in [3.05, 3.63) is 64.6 Å². The number of rotatable bonds is 3. The van der Waals surface area contributed by atoms with E-state index in [-0.39, 0.29) is 0 Å². The second-order valence-corrected chi connectivity index (χ2v) is 6.66. The molecular formula is C16H15BrN2S. The van der Waals surface area contributed by atoms with Crippen molar-refractivity contribution in [2.75, 3.05) is 12.4 Å². The molecule has 0 spiro atoms. The van der Waals surface area contributed by atoms with E-state index >= 15 is 0 Å². The van der Waals surface area contributed by atoms with Gasteiger partial charge in [-0.3, -0.25) is 4.90 Å². The maximum Gasteiger partial charge on any atom is 0.0892 e. The van der Waals surface area contributed by atoms with Crippen LogP contribution in [0.4, 0.5) is 5.69 Å². The molecule has 1 fully saturated rings. The van der Waals surface area contributed by atoms with Gasteiger partial charge in [-0.25, -0.2) is 4.99 Å². The lowest BCUT2D eigenvalue weighted by atomic mass is 10.2. The quantitative estimate of drug-likeness (QED) is 0.801. The minimum absolute atomic E-state index is 0.940. The fourth-order valence-corrected chi connectivity index (χ4v) is 3.34. The largest absolute Gasteiger partial charge is 0.283 e. The Morgan fingerprint density at radius 3 is 2.55 bits per heavy atom. The standard InChI is InChI=1S/C16H15BrN2S/c17-14-6-8-15(9-7-14)18-16-11-19(12-20-16)10-13-4-2-1-3-5-13/h1-9H,10-12H2. The minimum atomic E-state index is 0.940. The molecule has 0 unspecified atom stereocenters. The Hall–Kier alpha value is -1.10. The number of nitrogens with zero attached hydrogens (tertiary/aromatic N) is 2. The third kappa shape index (κ3) is 3.72. The summed E-state index contributed by atoms with van der Waals surface area (Å²) in [4.78, 5) is 7.12. The molecular weight excluding hydrogens is 332 g/mol. The molecule has 1 aliphatic rings. The maximum absolute atomic E-state index is 4.71. The molecule has 2 nitrogen and oxygen atoms in total. The average Bonchev–Trinajstić information content (AvgIpc) is 2.90. The van der Waals surface area contributed by atoms with Gasteiger partial charge in [0, 0.05) is 17.6 Å². The molecule has 1 saturated heterocycles. The summed E-state index contributed by atoms with van der Waals surface area (Å²) in [5.74, 6) is 1.02. The van der Waals surface area contributed by atoms with Crippen molar-refractivity contribution in [2.24, 2.45) is 4.99 Å². The third-order valence-corrected chi connectivity index (χ3v) is 4.68. The number of halogens is 1. The van der Waals surface area contributed by atoms with Gasteiger partial charge in [-0.1, -0.05) is 58.0 Å². The smallest absolute Gasteiger partial charge is 0.0892 e. The number of thioether (sulfide) groups is 1. The Morgan fingerprint density at radius 2 is 1.80 bits per heavy atom. The molecule has 0 N–H and O–H groups in total. The number of hydrogen-bond acceptors (Lipinski definition) is 3. The normalized spacial score (nSPS) is 17.8. The first-order chi connectivity index (χ1) is 9.79. The van der Waals surface area contributed by atoms with Crippen LogP contribution in [0.15, 0.2) is 64.1 Å². The average molecular weight is 347 g/mol. The molecule has 102 valence electrons. The van der Waals surface area contributed by atoms with Gasteiger partial charge in [-0.15, -0.1) is 0 Å². The number of aliphatic imine (C=N–C) groups is 1. The molecule has 2 aromatic rings. The fourth-order valence-electron chi connectivity index (χ4n) is 2.12. The molecule has 2 aromatic carbocycles. The summed E-state index contributed by atoms with van der Waals surface area (Å²) in [5, 5.41) is 1.20. The van der Waals surface area contributed by atoms with Gasteiger partial charge in [0.15, 0.2) is 0 Å². The van der Waals surface area contributed by atoms with E-state index in [9.17, 15) is 0 Å². The molecule has 0 bridgehead atoms. The lowest BCUT2D eigenvalue weighted by Gasteiger charge is -2.12. The van der Waals surface area contributed by atoms with E-state index in [1.807, 2.05) is 36.0 Å². The van der Waals surface area contributed by atoms with E-state index in [0.717, 1.165) is 29.1 Å². The Morgan fingerprint density at radius 1 is 1.05 bits per heavy atom. The summed E-state index contributed by atoms with van der Waals surface area (Å²) in [7, 11) is 0. The molecule has 1 heterocycles. The van der Waals surface area contributed by atoms with Crippen molar-refractivity contribution in [2.45, 2.75) is 6.54 Å². The van der Waals surface area contributed by atoms with Crippen LogP contribution in [-0.2, 0) is 6.54 Å². The first-order valence-electron chi connectivity index (χ1n) is 6.52. The van der Waals surface area contributed by atoms with Gasteiger partial charge in [0.05, 0.1) is 16.6 Å². The van der Waals surface area contributed by atoms with Crippen LogP contribution in [-0.4, -0.2) is 22.4 Å². The minimum Gasteiger partial charge on any atom is -0.283 e. The van der Waals surface area contributed by atoms with Gasteiger partial charge in [0.25, 0.3) is 0 Å². The summed E-state index contributed by atoms with van der Waals surface area (Å²) in [6.07, 6.45) is 0. The monoisotopic (exact) mass is 346 g/mol. The van der Waals surface area contributed by atoms with Gasteiger partial charge in [0.2, 0.25) is 0 Å². The maximum atomic E-state index is 4.71. The van der Waals surface area contributed by atoms with E-state index in [2.05, 4.69) is 51.2 Å². The zero-order valence-corrected chi connectivity index (χ0v) is 13.4. The first kappa shape index (κ1) is 13.9. The van der Waals surface area contributed by atoms with Gasteiger partial charge in [0.1, 0.15) is 0 Å². The van der Waals surface area contributed by atoms with Crippen LogP contribution in [0, 0.1) is 0 Å². The highest BCUT2D eigenvalue weighted by molar-refractivity contribution is 9.10. The fraction of sp³-hybridized carbons (Fsp3) is 0.188. The van der Waals surface area contributed by atoms with Gasteiger partial charge in [-0.2, -0.15) is 0 Å². The SMILES string of the molecule is Brc1ccc(N=C2CN(Cc3ccccc3)CS2)cc1. The van der Waals surface area contributed by atoms with Crippen molar-refractivity contribution in [3.63, 3.8) is 0 Å². The van der Waals surface area contributed by atoms with Crippen LogP contribution in [0.2, 0.25) is 0 Å². The molecule has 1 aliphatic heterocycles. The van der Waals surface area contributed by atoms with E-state index in [0.29, 0.717) is 0 Å². The number of benzene rings is 2. The Bertz CT molecular complexity index is 596. The van der Waals surface area contributed by atoms with E-state index in [4.69, 9.17) is 4.99 Å². The molecule has 0 saturated carbocycles. The van der Waals surface area contributed by atoms with E-state index in [1.165, 1.54) is 10.6 Å². The van der Waals surface area contributed by atoms with E-state index in [1.54, 1.807) is 0 Å². The molecule has 4 heteroatoms. The summed E-state index contributed by atoms with van der Waals surface area (Å²) in [6, 6.07) is 18.7. The molecule has 0 radical (unpaired) electrons. The lowest BCUT2D eigenvalue weighted by Crippen LogP contribution is -2.19. The topological polar surface area (TPSA) is 15.6 Å². The predicted octanol–water partition coefficient (Wildman–Crippen LogP) is 4.69. The van der Waals surface area contributed by atoms with Crippen LogP contribution >= 0.6 is 27.7 Å². The predicted molar refractivity (Wildman–Crippen MR) is 90.5 cm³/mol. The zero-order chi connectivity index (χ0) is 13.8. The zero-order valence-electron chi connectivity index (χ0n) is 11.0. The van der Waals surface area contributed by atoms with Crippen LogP contribution in [0.25, 0.3) is 0 Å². The Labute approximate surface area is 132 Å². The van der Waals surface area contributed by atoms with Crippen molar-refractivity contribution < 1.29 is 0 Å². The highest BCUT2D eigenvalue weighted by Gasteiger charge is 2.18. The Kier molecular flexibility index (Phi) is 4.55. The summed E-state index contributed by atoms with van der Waals surface area (Å²) in [6.45, 7) is 1.93. The van der Waals surface area contributed by atoms with Gasteiger partial charge < -0.3 is 0 Å². The molecule has 0 atom stereocenters. The number of hydrogen-bond donors (Lipinski definition) is 0. The van der Waals surface area contributed by atoms with Crippen LogP contribution in [0.3, 0.4) is 0 Å². The Balaban J connectivity index is 1.63. The van der Waals surface area contributed by atoms with Crippen molar-refractivity contribution in [1.29, 1.82) is 0 Å². The molecule has 20 heavy (non-hydrogen) atoms. The molecule has 0 aromatic heterocycles. The highest BCUT2D eigenvalue weighted by Crippen LogP contribution is 2.24. The van der Waals surface area contributed by atoms with Crippen molar-refractivity contribution >= 4 is 38.4 Å². The second-order valence-electron chi connectivity index (χ2n) is 4.73. The molecule has 3 rings (SSSR count).